The number of fused-ring (bicyclic) bond motifs is 1. The van der Waals surface area contributed by atoms with Crippen LogP contribution in [0.25, 0.3) is 11.0 Å². The molecule has 2 rings (SSSR count). The number of H-pyrrole nitrogens is 1. The third kappa shape index (κ3) is 4.54. The first kappa shape index (κ1) is 15.5. The molecule has 0 aliphatic heterocycles. The number of aromatic nitrogens is 4. The molecule has 8 heteroatoms. The normalized spacial score (nSPS) is 11.0. The maximum absolute atomic E-state index is 8.62. The molecule has 0 fully saturated rings. The van der Waals surface area contributed by atoms with E-state index in [-0.39, 0.29) is 6.61 Å². The molecule has 0 saturated heterocycles. The van der Waals surface area contributed by atoms with Gasteiger partial charge in [-0.3, -0.25) is 5.10 Å². The third-order valence-electron chi connectivity index (χ3n) is 2.84. The van der Waals surface area contributed by atoms with E-state index in [4.69, 9.17) is 9.84 Å². The smallest absolute Gasteiger partial charge is 0.226 e. The second kappa shape index (κ2) is 8.38. The van der Waals surface area contributed by atoms with Gasteiger partial charge in [0.25, 0.3) is 0 Å². The molecule has 0 radical (unpaired) electrons. The summed E-state index contributed by atoms with van der Waals surface area (Å²) in [5, 5.41) is 22.8. The van der Waals surface area contributed by atoms with Crippen molar-refractivity contribution in [1.29, 1.82) is 0 Å². The number of hydrogen-bond acceptors (Lipinski definition) is 7. The second-order valence-corrected chi connectivity index (χ2v) is 4.57. The summed E-state index contributed by atoms with van der Waals surface area (Å²) < 4.78 is 5.22. The van der Waals surface area contributed by atoms with Gasteiger partial charge in [0, 0.05) is 19.7 Å². The van der Waals surface area contributed by atoms with Gasteiger partial charge in [-0.15, -0.1) is 0 Å². The first-order valence-corrected chi connectivity index (χ1v) is 7.22. The molecule has 4 N–H and O–H groups in total. The fraction of sp³-hybridized carbons (Fsp3) is 0.615. The Bertz CT molecular complexity index is 544. The van der Waals surface area contributed by atoms with Crippen molar-refractivity contribution in [3.8, 4) is 0 Å². The second-order valence-electron chi connectivity index (χ2n) is 4.57. The fourth-order valence-corrected chi connectivity index (χ4v) is 1.83. The highest BCUT2D eigenvalue weighted by Gasteiger charge is 2.08. The predicted octanol–water partition coefficient (Wildman–Crippen LogP) is 0.986. The van der Waals surface area contributed by atoms with Crippen molar-refractivity contribution in [2.75, 3.05) is 43.5 Å². The van der Waals surface area contributed by atoms with Crippen LogP contribution in [-0.4, -0.2) is 58.2 Å². The van der Waals surface area contributed by atoms with Gasteiger partial charge in [-0.05, 0) is 12.8 Å². The van der Waals surface area contributed by atoms with Crippen LogP contribution in [0.5, 0.6) is 0 Å². The zero-order chi connectivity index (χ0) is 14.9. The average Bonchev–Trinajstić information content (AvgIpc) is 2.97. The van der Waals surface area contributed by atoms with Crippen molar-refractivity contribution in [2.45, 2.75) is 19.8 Å². The molecule has 2 heterocycles. The molecule has 2 aromatic heterocycles. The summed E-state index contributed by atoms with van der Waals surface area (Å²) in [6, 6.07) is 0. The predicted molar refractivity (Wildman–Crippen MR) is 81.5 cm³/mol. The van der Waals surface area contributed by atoms with E-state index in [9.17, 15) is 0 Å². The highest BCUT2D eigenvalue weighted by molar-refractivity contribution is 5.86. The Morgan fingerprint density at radius 1 is 1.24 bits per heavy atom. The Morgan fingerprint density at radius 2 is 2.14 bits per heavy atom. The van der Waals surface area contributed by atoms with E-state index in [0.29, 0.717) is 24.8 Å². The number of nitrogens with one attached hydrogen (secondary N) is 3. The van der Waals surface area contributed by atoms with Crippen LogP contribution < -0.4 is 10.6 Å². The lowest BCUT2D eigenvalue weighted by Crippen LogP contribution is -2.11. The molecular formula is C13H22N6O2. The lowest BCUT2D eigenvalue weighted by atomic mass is 10.3. The van der Waals surface area contributed by atoms with E-state index >= 15 is 0 Å². The van der Waals surface area contributed by atoms with E-state index in [1.54, 1.807) is 6.20 Å². The zero-order valence-electron chi connectivity index (χ0n) is 12.2. The monoisotopic (exact) mass is 294 g/mol. The minimum Gasteiger partial charge on any atom is -0.394 e. The topological polar surface area (TPSA) is 108 Å². The Morgan fingerprint density at radius 3 is 2.95 bits per heavy atom. The van der Waals surface area contributed by atoms with Crippen molar-refractivity contribution < 1.29 is 9.84 Å². The molecule has 0 amide bonds. The Hall–Kier alpha value is -1.93. The zero-order valence-corrected chi connectivity index (χ0v) is 12.2. The Balaban J connectivity index is 1.95. The van der Waals surface area contributed by atoms with Crippen molar-refractivity contribution >= 4 is 22.8 Å². The quantitative estimate of drug-likeness (QED) is 0.484. The number of aromatic amines is 1. The Kier molecular flexibility index (Phi) is 6.17. The number of hydrogen-bond donors (Lipinski definition) is 4. The molecule has 0 aliphatic rings. The molecule has 0 bridgehead atoms. The number of ether oxygens (including phenoxy) is 1. The number of aliphatic hydroxyl groups is 1. The summed E-state index contributed by atoms with van der Waals surface area (Å²) >= 11 is 0. The molecule has 0 unspecified atom stereocenters. The largest absolute Gasteiger partial charge is 0.394 e. The first-order chi connectivity index (χ1) is 10.3. The van der Waals surface area contributed by atoms with Crippen LogP contribution in [-0.2, 0) is 4.74 Å². The Labute approximate surface area is 123 Å². The molecule has 21 heavy (non-hydrogen) atoms. The van der Waals surface area contributed by atoms with Gasteiger partial charge >= 0.3 is 0 Å². The lowest BCUT2D eigenvalue weighted by molar-refractivity contribution is 0.0922. The highest BCUT2D eigenvalue weighted by atomic mass is 16.5. The van der Waals surface area contributed by atoms with Gasteiger partial charge in [0.15, 0.2) is 5.65 Å². The van der Waals surface area contributed by atoms with Gasteiger partial charge < -0.3 is 20.5 Å². The van der Waals surface area contributed by atoms with Crippen LogP contribution in [0.2, 0.25) is 0 Å². The van der Waals surface area contributed by atoms with Crippen LogP contribution in [0.1, 0.15) is 19.8 Å². The first-order valence-electron chi connectivity index (χ1n) is 7.22. The summed E-state index contributed by atoms with van der Waals surface area (Å²) in [5.41, 5.74) is 0.711. The molecular weight excluding hydrogens is 272 g/mol. The van der Waals surface area contributed by atoms with E-state index in [1.807, 2.05) is 0 Å². The maximum Gasteiger partial charge on any atom is 0.226 e. The van der Waals surface area contributed by atoms with Crippen molar-refractivity contribution in [3.05, 3.63) is 6.20 Å². The van der Waals surface area contributed by atoms with Crippen molar-refractivity contribution in [2.24, 2.45) is 0 Å². The van der Waals surface area contributed by atoms with Gasteiger partial charge in [-0.2, -0.15) is 15.1 Å². The number of rotatable bonds is 10. The minimum absolute atomic E-state index is 0.0570. The standard InChI is InChI=1S/C13H22N6O2/c1-2-4-15-13-17-11(10-9-16-19-12(10)18-13)14-5-3-7-21-8-6-20/h9,20H,2-8H2,1H3,(H3,14,15,16,17,18,19). The maximum atomic E-state index is 8.62. The van der Waals surface area contributed by atoms with E-state index < -0.39 is 0 Å². The number of aliphatic hydroxyl groups excluding tert-OH is 1. The van der Waals surface area contributed by atoms with E-state index in [0.717, 1.165) is 37.1 Å². The SMILES string of the molecule is CCCNc1nc(NCCCOCCO)c2cn[nH]c2n1. The van der Waals surface area contributed by atoms with Gasteiger partial charge in [-0.1, -0.05) is 6.92 Å². The summed E-state index contributed by atoms with van der Waals surface area (Å²) in [6.07, 6.45) is 3.56. The van der Waals surface area contributed by atoms with E-state index in [2.05, 4.69) is 37.7 Å². The van der Waals surface area contributed by atoms with Crippen molar-refractivity contribution in [1.82, 2.24) is 20.2 Å². The molecule has 0 saturated carbocycles. The van der Waals surface area contributed by atoms with E-state index in [1.165, 1.54) is 0 Å². The van der Waals surface area contributed by atoms with Crippen LogP contribution in [0.15, 0.2) is 6.20 Å². The molecule has 0 spiro atoms. The molecule has 0 aliphatic carbocycles. The average molecular weight is 294 g/mol. The van der Waals surface area contributed by atoms with Crippen LogP contribution in [0, 0.1) is 0 Å². The summed E-state index contributed by atoms with van der Waals surface area (Å²) in [6.45, 7) is 4.69. The van der Waals surface area contributed by atoms with Crippen LogP contribution in [0.3, 0.4) is 0 Å². The molecule has 116 valence electrons. The van der Waals surface area contributed by atoms with Crippen LogP contribution >= 0.6 is 0 Å². The third-order valence-corrected chi connectivity index (χ3v) is 2.84. The fourth-order valence-electron chi connectivity index (χ4n) is 1.83. The highest BCUT2D eigenvalue weighted by Crippen LogP contribution is 2.19. The summed E-state index contributed by atoms with van der Waals surface area (Å²) in [4.78, 5) is 8.84. The number of nitrogens with zero attached hydrogens (tertiary/aromatic N) is 3. The minimum atomic E-state index is 0.0570. The molecule has 2 aromatic rings. The summed E-state index contributed by atoms with van der Waals surface area (Å²) in [5.74, 6) is 1.35. The lowest BCUT2D eigenvalue weighted by Gasteiger charge is -2.09. The number of anilines is 2. The van der Waals surface area contributed by atoms with Gasteiger partial charge in [0.2, 0.25) is 5.95 Å². The molecule has 0 aromatic carbocycles. The van der Waals surface area contributed by atoms with Gasteiger partial charge in [0.1, 0.15) is 5.82 Å². The van der Waals surface area contributed by atoms with Gasteiger partial charge in [0.05, 0.1) is 24.8 Å². The van der Waals surface area contributed by atoms with Gasteiger partial charge in [-0.25, -0.2) is 0 Å². The van der Waals surface area contributed by atoms with Crippen molar-refractivity contribution in [3.63, 3.8) is 0 Å². The van der Waals surface area contributed by atoms with Crippen LogP contribution in [0.4, 0.5) is 11.8 Å². The molecule has 8 nitrogen and oxygen atoms in total. The summed E-state index contributed by atoms with van der Waals surface area (Å²) in [7, 11) is 0. The molecule has 0 atom stereocenters.